The van der Waals surface area contributed by atoms with Gasteiger partial charge in [0.1, 0.15) is 13.1 Å². The number of imide groups is 1. The molecule has 8 nitrogen and oxygen atoms in total. The maximum atomic E-state index is 11.8. The van der Waals surface area contributed by atoms with Gasteiger partial charge in [0, 0.05) is 12.1 Å². The van der Waals surface area contributed by atoms with Crippen LogP contribution in [0, 0.1) is 0 Å². The number of urea groups is 1. The van der Waals surface area contributed by atoms with Gasteiger partial charge in [-0.1, -0.05) is 23.2 Å². The van der Waals surface area contributed by atoms with E-state index in [4.69, 9.17) is 27.9 Å². The average molecular weight is 374 g/mol. The highest BCUT2D eigenvalue weighted by molar-refractivity contribution is 6.35. The summed E-state index contributed by atoms with van der Waals surface area (Å²) in [7, 11) is 1.44. The van der Waals surface area contributed by atoms with Gasteiger partial charge in [-0.25, -0.2) is 4.79 Å². The Kier molecular flexibility index (Phi) is 5.63. The Morgan fingerprint density at radius 3 is 2.62 bits per heavy atom. The predicted molar refractivity (Wildman–Crippen MR) is 85.8 cm³/mol. The van der Waals surface area contributed by atoms with Crippen LogP contribution in [0.1, 0.15) is 0 Å². The summed E-state index contributed by atoms with van der Waals surface area (Å²) in [5, 5.41) is 3.09. The monoisotopic (exact) mass is 373 g/mol. The number of nitrogens with one attached hydrogen (secondary N) is 1. The van der Waals surface area contributed by atoms with E-state index in [0.29, 0.717) is 5.02 Å². The van der Waals surface area contributed by atoms with E-state index in [1.807, 2.05) is 0 Å². The van der Waals surface area contributed by atoms with Crippen molar-refractivity contribution in [3.8, 4) is 0 Å². The summed E-state index contributed by atoms with van der Waals surface area (Å²) in [5.74, 6) is -2.02. The number of benzene rings is 1. The minimum absolute atomic E-state index is 0.0974. The van der Waals surface area contributed by atoms with Crippen molar-refractivity contribution in [3.05, 3.63) is 28.2 Å². The lowest BCUT2D eigenvalue weighted by Crippen LogP contribution is -2.37. The Labute approximate surface area is 147 Å². The molecule has 0 radical (unpaired) electrons. The van der Waals surface area contributed by atoms with Crippen LogP contribution in [0.2, 0.25) is 10.0 Å². The number of amides is 4. The first-order valence-electron chi connectivity index (χ1n) is 6.74. The third-order valence-electron chi connectivity index (χ3n) is 3.08. The number of nitrogens with zero attached hydrogens (tertiary/aromatic N) is 2. The molecular formula is C14H13Cl2N3O5. The standard InChI is InChI=1S/C14H13Cl2N3O5/c1-18-5-12(21)19(14(18)23)6-13(22)24-7-11(20)17-10-4-8(15)2-3-9(10)16/h2-4H,5-7H2,1H3,(H,17,20). The van der Waals surface area contributed by atoms with E-state index >= 15 is 0 Å². The van der Waals surface area contributed by atoms with Gasteiger partial charge in [-0.3, -0.25) is 19.3 Å². The van der Waals surface area contributed by atoms with Crippen LogP contribution in [-0.2, 0) is 19.1 Å². The molecule has 128 valence electrons. The van der Waals surface area contributed by atoms with Gasteiger partial charge in [0.25, 0.3) is 11.8 Å². The summed E-state index contributed by atoms with van der Waals surface area (Å²) >= 11 is 11.7. The molecule has 2 rings (SSSR count). The number of ether oxygens (including phenoxy) is 1. The molecule has 1 heterocycles. The molecule has 24 heavy (non-hydrogen) atoms. The number of esters is 1. The van der Waals surface area contributed by atoms with Gasteiger partial charge in [-0.15, -0.1) is 0 Å². The van der Waals surface area contributed by atoms with E-state index in [2.05, 4.69) is 5.32 Å². The summed E-state index contributed by atoms with van der Waals surface area (Å²) in [4.78, 5) is 48.5. The molecular weight excluding hydrogens is 361 g/mol. The normalized spacial score (nSPS) is 14.1. The Bertz CT molecular complexity index is 710. The molecule has 1 saturated heterocycles. The molecule has 0 atom stereocenters. The van der Waals surface area contributed by atoms with E-state index in [-0.39, 0.29) is 17.3 Å². The largest absolute Gasteiger partial charge is 0.454 e. The summed E-state index contributed by atoms with van der Waals surface area (Å²) in [6.45, 7) is -1.24. The first-order chi connectivity index (χ1) is 11.3. The van der Waals surface area contributed by atoms with E-state index in [9.17, 15) is 19.2 Å². The van der Waals surface area contributed by atoms with E-state index in [0.717, 1.165) is 4.90 Å². The van der Waals surface area contributed by atoms with Crippen LogP contribution in [0.25, 0.3) is 0 Å². The number of hydrogen-bond donors (Lipinski definition) is 1. The van der Waals surface area contributed by atoms with E-state index < -0.39 is 37.0 Å². The Morgan fingerprint density at radius 1 is 1.29 bits per heavy atom. The second kappa shape index (κ2) is 7.50. The molecule has 10 heteroatoms. The highest BCUT2D eigenvalue weighted by Gasteiger charge is 2.35. The van der Waals surface area contributed by atoms with Crippen LogP contribution in [0.4, 0.5) is 10.5 Å². The van der Waals surface area contributed by atoms with Gasteiger partial charge in [0.2, 0.25) is 0 Å². The number of hydrogen-bond acceptors (Lipinski definition) is 5. The predicted octanol–water partition coefficient (Wildman–Crippen LogP) is 1.37. The van der Waals surface area contributed by atoms with Crippen molar-refractivity contribution in [3.63, 3.8) is 0 Å². The molecule has 1 aliphatic heterocycles. The van der Waals surface area contributed by atoms with Crippen LogP contribution in [0.5, 0.6) is 0 Å². The second-order valence-corrected chi connectivity index (χ2v) is 5.80. The molecule has 0 spiro atoms. The molecule has 1 aromatic carbocycles. The van der Waals surface area contributed by atoms with Crippen molar-refractivity contribution in [1.29, 1.82) is 0 Å². The molecule has 4 amide bonds. The van der Waals surface area contributed by atoms with Gasteiger partial charge < -0.3 is 15.0 Å². The molecule has 0 bridgehead atoms. The average Bonchev–Trinajstić information content (AvgIpc) is 2.75. The van der Waals surface area contributed by atoms with E-state index in [1.54, 1.807) is 6.07 Å². The smallest absolute Gasteiger partial charge is 0.327 e. The molecule has 0 aliphatic carbocycles. The maximum Gasteiger partial charge on any atom is 0.327 e. The minimum Gasteiger partial charge on any atom is -0.454 e. The van der Waals surface area contributed by atoms with Gasteiger partial charge in [0.15, 0.2) is 6.61 Å². The quantitative estimate of drug-likeness (QED) is 0.620. The Hall–Kier alpha value is -2.32. The van der Waals surface area contributed by atoms with Crippen LogP contribution in [0.15, 0.2) is 18.2 Å². The molecule has 0 saturated carbocycles. The fourth-order valence-electron chi connectivity index (χ4n) is 1.92. The molecule has 1 aromatic rings. The van der Waals surface area contributed by atoms with Gasteiger partial charge in [0.05, 0.1) is 10.7 Å². The van der Waals surface area contributed by atoms with Crippen LogP contribution < -0.4 is 5.32 Å². The van der Waals surface area contributed by atoms with Crippen molar-refractivity contribution in [2.24, 2.45) is 0 Å². The zero-order valence-corrected chi connectivity index (χ0v) is 14.1. The van der Waals surface area contributed by atoms with Crippen molar-refractivity contribution in [2.75, 3.05) is 32.1 Å². The summed E-state index contributed by atoms with van der Waals surface area (Å²) in [6.07, 6.45) is 0. The summed E-state index contributed by atoms with van der Waals surface area (Å²) in [6, 6.07) is 3.92. The van der Waals surface area contributed by atoms with Crippen LogP contribution in [0.3, 0.4) is 0 Å². The van der Waals surface area contributed by atoms with Crippen LogP contribution >= 0.6 is 23.2 Å². The number of carbonyl (C=O) groups excluding carboxylic acids is 4. The lowest BCUT2D eigenvalue weighted by Gasteiger charge is -2.13. The van der Waals surface area contributed by atoms with Crippen molar-refractivity contribution < 1.29 is 23.9 Å². The second-order valence-electron chi connectivity index (χ2n) is 4.95. The summed E-state index contributed by atoms with van der Waals surface area (Å²) < 4.78 is 4.75. The first-order valence-corrected chi connectivity index (χ1v) is 7.49. The molecule has 1 aliphatic rings. The Morgan fingerprint density at radius 2 is 2.00 bits per heavy atom. The van der Waals surface area contributed by atoms with Gasteiger partial charge >= 0.3 is 12.0 Å². The minimum atomic E-state index is -0.876. The SMILES string of the molecule is CN1CC(=O)N(CC(=O)OCC(=O)Nc2cc(Cl)ccc2Cl)C1=O. The topological polar surface area (TPSA) is 96.0 Å². The van der Waals surface area contributed by atoms with Crippen molar-refractivity contribution in [1.82, 2.24) is 9.80 Å². The Balaban J connectivity index is 1.83. The van der Waals surface area contributed by atoms with Crippen molar-refractivity contribution >= 4 is 52.7 Å². The molecule has 1 N–H and O–H groups in total. The third-order valence-corrected chi connectivity index (χ3v) is 3.65. The number of halogens is 2. The fourth-order valence-corrected chi connectivity index (χ4v) is 2.26. The zero-order chi connectivity index (χ0) is 17.9. The highest BCUT2D eigenvalue weighted by atomic mass is 35.5. The number of likely N-dealkylation sites (N-methyl/N-ethyl adjacent to an activating group) is 1. The van der Waals surface area contributed by atoms with Gasteiger partial charge in [-0.2, -0.15) is 0 Å². The first kappa shape index (κ1) is 18.0. The third kappa shape index (κ3) is 4.36. The lowest BCUT2D eigenvalue weighted by molar-refractivity contribution is -0.149. The molecule has 0 aromatic heterocycles. The molecule has 0 unspecified atom stereocenters. The van der Waals surface area contributed by atoms with Crippen LogP contribution in [-0.4, -0.2) is 60.4 Å². The number of rotatable bonds is 5. The lowest BCUT2D eigenvalue weighted by atomic mass is 10.3. The number of anilines is 1. The van der Waals surface area contributed by atoms with Gasteiger partial charge in [-0.05, 0) is 18.2 Å². The maximum absolute atomic E-state index is 11.8. The fraction of sp³-hybridized carbons (Fsp3) is 0.286. The highest BCUT2D eigenvalue weighted by Crippen LogP contribution is 2.25. The van der Waals surface area contributed by atoms with E-state index in [1.165, 1.54) is 24.1 Å². The zero-order valence-electron chi connectivity index (χ0n) is 12.5. The number of carbonyl (C=O) groups is 4. The van der Waals surface area contributed by atoms with Crippen molar-refractivity contribution in [2.45, 2.75) is 0 Å². The molecule has 1 fully saturated rings. The summed E-state index contributed by atoms with van der Waals surface area (Å²) in [5.41, 5.74) is 0.275.